The van der Waals surface area contributed by atoms with E-state index in [4.69, 9.17) is 5.73 Å². The Bertz CT molecular complexity index is 2010. The molecule has 7 amide bonds. The van der Waals surface area contributed by atoms with Crippen LogP contribution in [0.4, 0.5) is 0 Å². The average molecular weight is 847 g/mol. The topological polar surface area (TPSA) is 293 Å². The maximum atomic E-state index is 14.3. The molecule has 0 bridgehead atoms. The van der Waals surface area contributed by atoms with Crippen LogP contribution in [-0.4, -0.2) is 111 Å². The van der Waals surface area contributed by atoms with Crippen LogP contribution in [0.25, 0.3) is 0 Å². The number of aromatic carboxylic acids is 1. The maximum absolute atomic E-state index is 14.3. The van der Waals surface area contributed by atoms with Crippen molar-refractivity contribution in [3.63, 3.8) is 0 Å². The third-order valence-electron chi connectivity index (χ3n) is 10.7. The van der Waals surface area contributed by atoms with E-state index in [0.29, 0.717) is 12.8 Å². The van der Waals surface area contributed by atoms with Crippen molar-refractivity contribution in [2.24, 2.45) is 17.1 Å². The number of carboxylic acids is 1. The molecule has 8 N–H and O–H groups in total. The van der Waals surface area contributed by atoms with Crippen molar-refractivity contribution in [3.05, 3.63) is 65.5 Å². The van der Waals surface area contributed by atoms with E-state index in [0.717, 1.165) is 48.2 Å². The van der Waals surface area contributed by atoms with Crippen LogP contribution in [0, 0.1) is 11.3 Å². The summed E-state index contributed by atoms with van der Waals surface area (Å²) >= 11 is 0. The largest absolute Gasteiger partial charge is 0.478 e. The van der Waals surface area contributed by atoms with Crippen LogP contribution in [0.15, 0.2) is 48.8 Å². The predicted octanol–water partition coefficient (Wildman–Crippen LogP) is 0.300. The van der Waals surface area contributed by atoms with Gasteiger partial charge in [-0.05, 0) is 49.1 Å². The molecule has 1 saturated heterocycles. The van der Waals surface area contributed by atoms with E-state index in [2.05, 4.69) is 31.6 Å². The number of aromatic nitrogens is 1. The van der Waals surface area contributed by atoms with E-state index in [1.54, 1.807) is 51.1 Å². The second-order valence-electron chi connectivity index (χ2n) is 16.4. The molecule has 1 aliphatic heterocycles. The summed E-state index contributed by atoms with van der Waals surface area (Å²) in [4.78, 5) is 136. The number of carboxylic acid groups (broad SMARTS) is 1. The number of benzene rings is 1. The molecule has 1 aliphatic carbocycles. The molecule has 19 heteroatoms. The number of hydrogen-bond acceptors (Lipinski definition) is 11. The van der Waals surface area contributed by atoms with Crippen molar-refractivity contribution in [1.82, 2.24) is 36.5 Å². The van der Waals surface area contributed by atoms with E-state index in [1.165, 1.54) is 6.92 Å². The van der Waals surface area contributed by atoms with Crippen molar-refractivity contribution < 1.29 is 53.1 Å². The van der Waals surface area contributed by atoms with Gasteiger partial charge in [0.05, 0.1) is 17.7 Å². The van der Waals surface area contributed by atoms with Crippen LogP contribution >= 0.6 is 0 Å². The molecule has 1 aromatic carbocycles. The number of Topliss-reactive ketones (excluding diaryl/α,β-unsaturated/α-hetero) is 2. The minimum atomic E-state index is -1.61. The summed E-state index contributed by atoms with van der Waals surface area (Å²) in [5.41, 5.74) is 4.39. The summed E-state index contributed by atoms with van der Waals surface area (Å²) in [7, 11) is 0. The normalized spacial score (nSPS) is 17.5. The SMILES string of the molecule is C[C@H](NC(=O)[C@@H]1CC(=O)CN1C(=O)[C@@H](NC(=O)[C@H](CCC(=O)C(=O)NCc1ccccc1)NC(=O)c1ccncc1C(=O)O)C(C)(C)C)C(=O)N[C@H](C(N)=O)C1CCCCC1. The van der Waals surface area contributed by atoms with Gasteiger partial charge in [-0.2, -0.15) is 0 Å². The van der Waals surface area contributed by atoms with E-state index in [-0.39, 0.29) is 18.0 Å². The van der Waals surface area contributed by atoms with Crippen LogP contribution < -0.4 is 32.3 Å². The van der Waals surface area contributed by atoms with Gasteiger partial charge in [-0.15, -0.1) is 0 Å². The Hall–Kier alpha value is -6.53. The number of nitrogens with two attached hydrogens (primary N) is 1. The fraction of sp³-hybridized carbons (Fsp3) is 0.500. The average Bonchev–Trinajstić information content (AvgIpc) is 3.63. The van der Waals surface area contributed by atoms with Crippen molar-refractivity contribution in [3.8, 4) is 0 Å². The zero-order chi connectivity index (χ0) is 45.0. The first-order valence-electron chi connectivity index (χ1n) is 20.1. The van der Waals surface area contributed by atoms with Crippen LogP contribution in [-0.2, 0) is 44.9 Å². The maximum Gasteiger partial charge on any atom is 0.338 e. The third-order valence-corrected chi connectivity index (χ3v) is 10.7. The third kappa shape index (κ3) is 13.0. The van der Waals surface area contributed by atoms with E-state index in [9.17, 15) is 53.1 Å². The molecule has 61 heavy (non-hydrogen) atoms. The number of primary amides is 1. The number of carbonyl (C=O) groups is 10. The van der Waals surface area contributed by atoms with Gasteiger partial charge < -0.3 is 42.3 Å². The molecule has 4 rings (SSSR count). The highest BCUT2D eigenvalue weighted by atomic mass is 16.4. The van der Waals surface area contributed by atoms with Crippen LogP contribution in [0.5, 0.6) is 0 Å². The predicted molar refractivity (Wildman–Crippen MR) is 217 cm³/mol. The van der Waals surface area contributed by atoms with Crippen LogP contribution in [0.1, 0.15) is 105 Å². The first-order chi connectivity index (χ1) is 28.8. The van der Waals surface area contributed by atoms with Gasteiger partial charge in [0, 0.05) is 31.8 Å². The van der Waals surface area contributed by atoms with Gasteiger partial charge in [0.2, 0.25) is 35.3 Å². The van der Waals surface area contributed by atoms with Crippen LogP contribution in [0.2, 0.25) is 0 Å². The van der Waals surface area contributed by atoms with Gasteiger partial charge >= 0.3 is 5.97 Å². The van der Waals surface area contributed by atoms with Crippen molar-refractivity contribution in [1.29, 1.82) is 0 Å². The lowest BCUT2D eigenvalue weighted by atomic mass is 9.83. The van der Waals surface area contributed by atoms with E-state index < -0.39 is 126 Å². The number of pyridine rings is 1. The summed E-state index contributed by atoms with van der Waals surface area (Å²) in [6, 6.07) is 3.30. The molecule has 19 nitrogen and oxygen atoms in total. The Morgan fingerprint density at radius 3 is 2.18 bits per heavy atom. The number of amides is 7. The minimum absolute atomic E-state index is 0.0434. The number of nitrogens with zero attached hydrogens (tertiary/aromatic N) is 2. The number of likely N-dealkylation sites (tertiary alicyclic amines) is 1. The van der Waals surface area contributed by atoms with E-state index in [1.807, 2.05) is 0 Å². The minimum Gasteiger partial charge on any atom is -0.478 e. The highest BCUT2D eigenvalue weighted by molar-refractivity contribution is 6.36. The van der Waals surface area contributed by atoms with Crippen molar-refractivity contribution >= 4 is 58.9 Å². The standard InChI is InChI=1S/C42H54N8O11/c1-23(35(54)48-32(34(43)53)25-13-9-6-10-14-25)46-38(57)30-19-26(51)22-50(30)40(59)33(42(2,3)4)49-37(56)29(47-36(55)27-17-18-44-21-28(27)41(60)61)15-16-31(52)39(58)45-20-24-11-7-5-8-12-24/h5,7-8,11-12,17-18,21,23,25,29-30,32-33H,6,9-10,13-16,19-20,22H2,1-4H3,(H2,43,53)(H,45,58)(H,46,57)(H,47,55)(H,48,54)(H,49,56)(H,60,61)/t23-,29-,30-,32-,33+/m0/s1. The summed E-state index contributed by atoms with van der Waals surface area (Å²) < 4.78 is 0. The van der Waals surface area contributed by atoms with Crippen molar-refractivity contribution in [2.75, 3.05) is 6.54 Å². The molecule has 1 aromatic heterocycles. The highest BCUT2D eigenvalue weighted by Crippen LogP contribution is 2.27. The number of rotatable bonds is 18. The summed E-state index contributed by atoms with van der Waals surface area (Å²) in [5, 5.41) is 22.3. The van der Waals surface area contributed by atoms with Gasteiger partial charge in [0.1, 0.15) is 30.2 Å². The Balaban J connectivity index is 1.51. The summed E-state index contributed by atoms with van der Waals surface area (Å²) in [5.74, 6) is -9.09. The molecule has 2 heterocycles. The molecule has 5 atom stereocenters. The second-order valence-corrected chi connectivity index (χ2v) is 16.4. The van der Waals surface area contributed by atoms with Gasteiger partial charge in [0.15, 0.2) is 5.78 Å². The lowest BCUT2D eigenvalue weighted by Crippen LogP contribution is -2.61. The zero-order valence-corrected chi connectivity index (χ0v) is 34.7. The molecule has 2 aliphatic rings. The Kier molecular flexibility index (Phi) is 16.3. The monoisotopic (exact) mass is 846 g/mol. The van der Waals surface area contributed by atoms with Crippen LogP contribution in [0.3, 0.4) is 0 Å². The van der Waals surface area contributed by atoms with Gasteiger partial charge in [-0.3, -0.25) is 48.1 Å². The number of ketones is 2. The van der Waals surface area contributed by atoms with Crippen molar-refractivity contribution in [2.45, 2.75) is 116 Å². The first-order valence-corrected chi connectivity index (χ1v) is 20.1. The fourth-order valence-corrected chi connectivity index (χ4v) is 7.29. The molecule has 0 unspecified atom stereocenters. The molecule has 1 saturated carbocycles. The summed E-state index contributed by atoms with van der Waals surface area (Å²) in [6.45, 7) is 5.72. The second kappa shape index (κ2) is 21.1. The van der Waals surface area contributed by atoms with Gasteiger partial charge in [-0.1, -0.05) is 70.4 Å². The quantitative estimate of drug-likeness (QED) is 0.0998. The van der Waals surface area contributed by atoms with Gasteiger partial charge in [-0.25, -0.2) is 4.79 Å². The first kappa shape index (κ1) is 47.2. The smallest absolute Gasteiger partial charge is 0.338 e. The lowest BCUT2D eigenvalue weighted by molar-refractivity contribution is -0.144. The zero-order valence-electron chi connectivity index (χ0n) is 34.7. The molecule has 0 radical (unpaired) electrons. The molecule has 2 aromatic rings. The number of hydrogen-bond donors (Lipinski definition) is 7. The van der Waals surface area contributed by atoms with Gasteiger partial charge in [0.25, 0.3) is 11.8 Å². The van der Waals surface area contributed by atoms with E-state index >= 15 is 0 Å². The molecule has 0 spiro atoms. The Morgan fingerprint density at radius 1 is 0.885 bits per heavy atom. The fourth-order valence-electron chi connectivity index (χ4n) is 7.29. The summed E-state index contributed by atoms with van der Waals surface area (Å²) in [6.07, 6.45) is 4.88. The molecular weight excluding hydrogens is 793 g/mol. The number of carbonyl (C=O) groups excluding carboxylic acids is 9. The Labute approximate surface area is 352 Å². The number of nitrogens with one attached hydrogen (secondary N) is 5. The molecule has 2 fully saturated rings. The lowest BCUT2D eigenvalue weighted by Gasteiger charge is -2.36. The Morgan fingerprint density at radius 2 is 1.56 bits per heavy atom. The molecule has 328 valence electrons. The molecular formula is C42H54N8O11. The highest BCUT2D eigenvalue weighted by Gasteiger charge is 2.45.